The number of phenolic OH excluding ortho intramolecular Hbond substituents is 1. The number of Topliss-reactive ketones (excluding diaryl/α,β-unsaturated/α-hetero) is 1. The topological polar surface area (TPSA) is 74.6 Å². The van der Waals surface area contributed by atoms with Crippen LogP contribution in [0, 0.1) is 17.3 Å². The largest absolute Gasteiger partial charge is 0.508 e. The highest BCUT2D eigenvalue weighted by molar-refractivity contribution is 6.06. The van der Waals surface area contributed by atoms with Gasteiger partial charge in [-0.2, -0.15) is 0 Å². The lowest BCUT2D eigenvalue weighted by molar-refractivity contribution is -0.132. The fraction of sp³-hybridized carbons (Fsp3) is 0.500. The van der Waals surface area contributed by atoms with E-state index < -0.39 is 11.4 Å². The molecule has 0 spiro atoms. The van der Waals surface area contributed by atoms with Crippen molar-refractivity contribution in [2.45, 2.75) is 44.9 Å². The van der Waals surface area contributed by atoms with E-state index in [-0.39, 0.29) is 11.7 Å². The lowest BCUT2D eigenvalue weighted by Gasteiger charge is -2.48. The van der Waals surface area contributed by atoms with Gasteiger partial charge in [0.2, 0.25) is 0 Å². The second-order valence-corrected chi connectivity index (χ2v) is 7.80. The minimum atomic E-state index is -1.03. The van der Waals surface area contributed by atoms with Crippen molar-refractivity contribution < 1.29 is 19.8 Å². The molecule has 4 heteroatoms. The molecule has 1 aromatic rings. The molecule has 0 aromatic heterocycles. The molecule has 4 rings (SSSR count). The third kappa shape index (κ3) is 2.12. The van der Waals surface area contributed by atoms with Crippen LogP contribution in [0.15, 0.2) is 29.8 Å². The smallest absolute Gasteiger partial charge is 0.328 e. The Kier molecular flexibility index (Phi) is 3.34. The third-order valence-electron chi connectivity index (χ3n) is 6.65. The van der Waals surface area contributed by atoms with E-state index in [9.17, 15) is 14.7 Å². The van der Waals surface area contributed by atoms with Gasteiger partial charge in [-0.05, 0) is 73.1 Å². The van der Waals surface area contributed by atoms with E-state index >= 15 is 0 Å². The molecule has 1 aromatic carbocycles. The Labute approximate surface area is 141 Å². The van der Waals surface area contributed by atoms with Gasteiger partial charge in [0.25, 0.3) is 0 Å². The average Bonchev–Trinajstić information content (AvgIpc) is 2.78. The Balaban J connectivity index is 1.71. The van der Waals surface area contributed by atoms with E-state index in [1.54, 1.807) is 6.07 Å². The van der Waals surface area contributed by atoms with Crippen molar-refractivity contribution in [2.24, 2.45) is 17.3 Å². The summed E-state index contributed by atoms with van der Waals surface area (Å²) in [5.41, 5.74) is 2.63. The van der Waals surface area contributed by atoms with E-state index in [0.29, 0.717) is 29.6 Å². The minimum absolute atomic E-state index is 0.0462. The van der Waals surface area contributed by atoms with Crippen LogP contribution in [-0.4, -0.2) is 22.0 Å². The van der Waals surface area contributed by atoms with Crippen molar-refractivity contribution in [3.8, 4) is 5.75 Å². The highest BCUT2D eigenvalue weighted by Gasteiger charge is 2.56. The molecule has 126 valence electrons. The molecular weight excluding hydrogens is 304 g/mol. The molecule has 0 radical (unpaired) electrons. The van der Waals surface area contributed by atoms with Gasteiger partial charge in [-0.1, -0.05) is 13.0 Å². The first-order valence-electron chi connectivity index (χ1n) is 8.70. The molecular formula is C20H22O4. The van der Waals surface area contributed by atoms with Gasteiger partial charge >= 0.3 is 5.97 Å². The summed E-state index contributed by atoms with van der Waals surface area (Å²) in [6.45, 7) is 2.03. The predicted molar refractivity (Wildman–Crippen MR) is 88.8 cm³/mol. The number of aryl methyl sites for hydroxylation is 1. The highest BCUT2D eigenvalue weighted by atomic mass is 16.4. The van der Waals surface area contributed by atoms with E-state index in [2.05, 4.69) is 0 Å². The van der Waals surface area contributed by atoms with Gasteiger partial charge in [-0.15, -0.1) is 0 Å². The fourth-order valence-electron chi connectivity index (χ4n) is 5.52. The van der Waals surface area contributed by atoms with Crippen molar-refractivity contribution in [1.82, 2.24) is 0 Å². The summed E-state index contributed by atoms with van der Waals surface area (Å²) in [5, 5.41) is 18.8. The standard InChI is InChI=1S/C20H22O4/c1-20-7-6-15-14-5-3-13(21)8-11(14)2-4-16(15)17(20)9-12(19(20)24)10-18(22)23/h3,5,8,10,15-17,21H,2,4,6-7,9H2,1H3,(H,22,23)/t15-,16-,17+,20+/m1/s1. The second kappa shape index (κ2) is 5.20. The van der Waals surface area contributed by atoms with Crippen LogP contribution in [0.2, 0.25) is 0 Å². The minimum Gasteiger partial charge on any atom is -0.508 e. The molecule has 24 heavy (non-hydrogen) atoms. The molecule has 0 saturated heterocycles. The zero-order valence-electron chi connectivity index (χ0n) is 13.8. The van der Waals surface area contributed by atoms with Crippen LogP contribution in [0.4, 0.5) is 0 Å². The van der Waals surface area contributed by atoms with Crippen LogP contribution < -0.4 is 0 Å². The number of fused-ring (bicyclic) bond motifs is 5. The van der Waals surface area contributed by atoms with E-state index in [1.165, 1.54) is 11.1 Å². The number of hydrogen-bond donors (Lipinski definition) is 2. The maximum absolute atomic E-state index is 12.8. The highest BCUT2D eigenvalue weighted by Crippen LogP contribution is 2.60. The maximum atomic E-state index is 12.8. The van der Waals surface area contributed by atoms with Gasteiger partial charge < -0.3 is 10.2 Å². The van der Waals surface area contributed by atoms with E-state index in [1.807, 2.05) is 19.1 Å². The number of carbonyl (C=O) groups excluding carboxylic acids is 1. The van der Waals surface area contributed by atoms with Gasteiger partial charge in [-0.3, -0.25) is 4.79 Å². The molecule has 3 aliphatic rings. The van der Waals surface area contributed by atoms with Gasteiger partial charge in [0.1, 0.15) is 5.75 Å². The molecule has 0 unspecified atom stereocenters. The Morgan fingerprint density at radius 1 is 1.33 bits per heavy atom. The number of aromatic hydroxyl groups is 1. The number of ketones is 1. The number of carboxylic acids is 1. The Bertz CT molecular complexity index is 763. The zero-order chi connectivity index (χ0) is 17.1. The average molecular weight is 326 g/mol. The quantitative estimate of drug-likeness (QED) is 0.775. The Hall–Kier alpha value is -2.10. The molecule has 0 aliphatic heterocycles. The molecule has 0 bridgehead atoms. The summed E-state index contributed by atoms with van der Waals surface area (Å²) in [6, 6.07) is 5.66. The van der Waals surface area contributed by atoms with Crippen LogP contribution in [-0.2, 0) is 16.0 Å². The van der Waals surface area contributed by atoms with Crippen LogP contribution in [0.25, 0.3) is 0 Å². The fourth-order valence-corrected chi connectivity index (χ4v) is 5.52. The SMILES string of the molecule is C[C@]12CC[C@@H]3c4ccc(O)cc4CC[C@H]3[C@@H]1CC(=CC(=O)O)C2=O. The number of allylic oxidation sites excluding steroid dienone is 1. The molecule has 4 atom stereocenters. The lowest BCUT2D eigenvalue weighted by atomic mass is 9.55. The number of carboxylic acid groups (broad SMARTS) is 1. The van der Waals surface area contributed by atoms with E-state index in [4.69, 9.17) is 5.11 Å². The van der Waals surface area contributed by atoms with Crippen molar-refractivity contribution in [2.75, 3.05) is 0 Å². The maximum Gasteiger partial charge on any atom is 0.328 e. The van der Waals surface area contributed by atoms with Gasteiger partial charge in [0.15, 0.2) is 5.78 Å². The molecule has 2 fully saturated rings. The first-order chi connectivity index (χ1) is 11.4. The van der Waals surface area contributed by atoms with Crippen molar-refractivity contribution in [1.29, 1.82) is 0 Å². The first-order valence-corrected chi connectivity index (χ1v) is 8.70. The Morgan fingerprint density at radius 3 is 2.88 bits per heavy atom. The van der Waals surface area contributed by atoms with Gasteiger partial charge in [0, 0.05) is 17.1 Å². The monoisotopic (exact) mass is 326 g/mol. The number of benzene rings is 1. The summed E-state index contributed by atoms with van der Waals surface area (Å²) in [7, 11) is 0. The van der Waals surface area contributed by atoms with Crippen molar-refractivity contribution in [3.63, 3.8) is 0 Å². The van der Waals surface area contributed by atoms with E-state index in [0.717, 1.165) is 31.8 Å². The third-order valence-corrected chi connectivity index (χ3v) is 6.65. The number of hydrogen-bond acceptors (Lipinski definition) is 3. The Morgan fingerprint density at radius 2 is 2.12 bits per heavy atom. The van der Waals surface area contributed by atoms with Crippen LogP contribution in [0.3, 0.4) is 0 Å². The van der Waals surface area contributed by atoms with Crippen LogP contribution >= 0.6 is 0 Å². The number of phenols is 1. The van der Waals surface area contributed by atoms with Crippen molar-refractivity contribution >= 4 is 11.8 Å². The molecule has 3 aliphatic carbocycles. The molecule has 0 heterocycles. The molecule has 2 N–H and O–H groups in total. The summed E-state index contributed by atoms with van der Waals surface area (Å²) in [5.74, 6) is 0.409. The van der Waals surface area contributed by atoms with Crippen molar-refractivity contribution in [3.05, 3.63) is 41.0 Å². The predicted octanol–water partition coefficient (Wildman–Crippen LogP) is 3.44. The number of carbonyl (C=O) groups is 2. The summed E-state index contributed by atoms with van der Waals surface area (Å²) >= 11 is 0. The summed E-state index contributed by atoms with van der Waals surface area (Å²) in [6.07, 6.45) is 5.42. The first kappa shape index (κ1) is 15.4. The summed E-state index contributed by atoms with van der Waals surface area (Å²) < 4.78 is 0. The lowest BCUT2D eigenvalue weighted by Crippen LogP contribution is -2.42. The van der Waals surface area contributed by atoms with Gasteiger partial charge in [0.05, 0.1) is 0 Å². The zero-order valence-corrected chi connectivity index (χ0v) is 13.8. The number of rotatable bonds is 1. The summed E-state index contributed by atoms with van der Waals surface area (Å²) in [4.78, 5) is 23.8. The molecule has 0 amide bonds. The molecule has 2 saturated carbocycles. The molecule has 4 nitrogen and oxygen atoms in total. The normalized spacial score (nSPS) is 36.1. The van der Waals surface area contributed by atoms with Gasteiger partial charge in [-0.25, -0.2) is 4.79 Å². The number of aliphatic carboxylic acids is 1. The van der Waals surface area contributed by atoms with Crippen LogP contribution in [0.1, 0.15) is 49.7 Å². The second-order valence-electron chi connectivity index (χ2n) is 7.80. The van der Waals surface area contributed by atoms with Crippen LogP contribution in [0.5, 0.6) is 5.75 Å².